The maximum absolute atomic E-state index is 12.8. The highest BCUT2D eigenvalue weighted by molar-refractivity contribution is 7.89. The fourth-order valence-corrected chi connectivity index (χ4v) is 5.47. The highest BCUT2D eigenvalue weighted by Crippen LogP contribution is 2.30. The number of benzene rings is 2. The lowest BCUT2D eigenvalue weighted by Gasteiger charge is -2.16. The van der Waals surface area contributed by atoms with Crippen LogP contribution in [-0.2, 0) is 10.0 Å². The molecule has 2 aromatic carbocycles. The Labute approximate surface area is 200 Å². The van der Waals surface area contributed by atoms with Gasteiger partial charge in [-0.3, -0.25) is 15.5 Å². The van der Waals surface area contributed by atoms with Gasteiger partial charge in [0.25, 0.3) is 5.69 Å². The minimum atomic E-state index is -3.77. The number of unbranched alkanes of at least 4 members (excludes halogenated alkanes) is 4. The van der Waals surface area contributed by atoms with Gasteiger partial charge in [0, 0.05) is 19.2 Å². The predicted molar refractivity (Wildman–Crippen MR) is 133 cm³/mol. The van der Waals surface area contributed by atoms with Crippen LogP contribution in [0.3, 0.4) is 0 Å². The molecular formula is C24H32N4O5S. The van der Waals surface area contributed by atoms with Crippen LogP contribution in [0.4, 0.5) is 11.4 Å². The number of phenols is 1. The normalized spacial score (nSPS) is 14.9. The van der Waals surface area contributed by atoms with E-state index in [1.807, 2.05) is 0 Å². The van der Waals surface area contributed by atoms with Crippen LogP contribution >= 0.6 is 0 Å². The van der Waals surface area contributed by atoms with Gasteiger partial charge < -0.3 is 5.11 Å². The molecule has 2 N–H and O–H groups in total. The molecule has 10 heteroatoms. The molecule has 1 aliphatic rings. The molecule has 0 bridgehead atoms. The molecule has 0 unspecified atom stereocenters. The number of sulfonamides is 1. The van der Waals surface area contributed by atoms with E-state index < -0.39 is 14.9 Å². The van der Waals surface area contributed by atoms with Crippen LogP contribution < -0.4 is 5.43 Å². The molecule has 0 atom stereocenters. The van der Waals surface area contributed by atoms with Crippen molar-refractivity contribution >= 4 is 27.1 Å². The van der Waals surface area contributed by atoms with Gasteiger partial charge in [-0.25, -0.2) is 8.42 Å². The van der Waals surface area contributed by atoms with E-state index >= 15 is 0 Å². The predicted octanol–water partition coefficient (Wildman–Crippen LogP) is 5.26. The van der Waals surface area contributed by atoms with Crippen LogP contribution in [0.1, 0.15) is 63.9 Å². The minimum absolute atomic E-state index is 0.0923. The van der Waals surface area contributed by atoms with Gasteiger partial charge in [-0.15, -0.1) is 0 Å². The quantitative estimate of drug-likeness (QED) is 0.182. The van der Waals surface area contributed by atoms with Gasteiger partial charge >= 0.3 is 0 Å². The summed E-state index contributed by atoms with van der Waals surface area (Å²) in [4.78, 5) is 11.0. The summed E-state index contributed by atoms with van der Waals surface area (Å²) in [5, 5.41) is 25.8. The lowest BCUT2D eigenvalue weighted by Crippen LogP contribution is -2.27. The number of hydrogen-bond acceptors (Lipinski definition) is 7. The number of nitrogens with zero attached hydrogens (tertiary/aromatic N) is 3. The van der Waals surface area contributed by atoms with Gasteiger partial charge in [-0.05, 0) is 67.6 Å². The summed E-state index contributed by atoms with van der Waals surface area (Å²) in [6.07, 6.45) is 7.64. The lowest BCUT2D eigenvalue weighted by molar-refractivity contribution is -0.384. The number of aromatic hydroxyl groups is 1. The average molecular weight is 489 g/mol. The van der Waals surface area contributed by atoms with E-state index in [0.717, 1.165) is 50.2 Å². The van der Waals surface area contributed by atoms with E-state index in [0.29, 0.717) is 25.2 Å². The van der Waals surface area contributed by atoms with Crippen molar-refractivity contribution in [2.45, 2.75) is 63.2 Å². The molecule has 0 aromatic heterocycles. The average Bonchev–Trinajstić information content (AvgIpc) is 3.37. The first kappa shape index (κ1) is 25.6. The van der Waals surface area contributed by atoms with Gasteiger partial charge in [0.1, 0.15) is 11.4 Å². The topological polar surface area (TPSA) is 125 Å². The van der Waals surface area contributed by atoms with E-state index in [4.69, 9.17) is 0 Å². The molecule has 0 amide bonds. The van der Waals surface area contributed by atoms with E-state index in [9.17, 15) is 23.6 Å². The van der Waals surface area contributed by atoms with Crippen molar-refractivity contribution in [1.29, 1.82) is 0 Å². The Balaban J connectivity index is 1.85. The van der Waals surface area contributed by atoms with Crippen molar-refractivity contribution in [2.75, 3.05) is 18.5 Å². The lowest BCUT2D eigenvalue weighted by atomic mass is 10.0. The van der Waals surface area contributed by atoms with Crippen molar-refractivity contribution in [3.63, 3.8) is 0 Å². The third-order valence-electron chi connectivity index (χ3n) is 5.90. The Kier molecular flexibility index (Phi) is 9.00. The molecule has 0 spiro atoms. The highest BCUT2D eigenvalue weighted by Gasteiger charge is 2.29. The Morgan fingerprint density at radius 3 is 2.41 bits per heavy atom. The van der Waals surface area contributed by atoms with Gasteiger partial charge in [-0.1, -0.05) is 32.6 Å². The van der Waals surface area contributed by atoms with Crippen molar-refractivity contribution in [3.05, 3.63) is 58.1 Å². The number of nitrogens with one attached hydrogen (secondary N) is 1. The molecule has 2 aromatic rings. The first-order valence-corrected chi connectivity index (χ1v) is 13.2. The van der Waals surface area contributed by atoms with Crippen LogP contribution in [0.5, 0.6) is 5.75 Å². The molecule has 0 radical (unpaired) electrons. The number of hydrogen-bond donors (Lipinski definition) is 2. The summed E-state index contributed by atoms with van der Waals surface area (Å²) in [5.74, 6) is 0.143. The summed E-state index contributed by atoms with van der Waals surface area (Å²) in [7, 11) is -3.77. The zero-order valence-corrected chi connectivity index (χ0v) is 20.3. The Hall–Kier alpha value is -2.98. The minimum Gasteiger partial charge on any atom is -0.508 e. The van der Waals surface area contributed by atoms with Crippen molar-refractivity contribution in [3.8, 4) is 5.75 Å². The van der Waals surface area contributed by atoms with Crippen LogP contribution in [0.2, 0.25) is 0 Å². The number of nitro benzene ring substituents is 1. The number of rotatable bonds is 12. The third kappa shape index (κ3) is 6.54. The maximum atomic E-state index is 12.8. The monoisotopic (exact) mass is 488 g/mol. The second-order valence-corrected chi connectivity index (χ2v) is 10.4. The summed E-state index contributed by atoms with van der Waals surface area (Å²) in [6, 6.07) is 10.5. The summed E-state index contributed by atoms with van der Waals surface area (Å²) in [5.41, 5.74) is 4.06. The van der Waals surface area contributed by atoms with Crippen LogP contribution in [0, 0.1) is 10.1 Å². The Morgan fingerprint density at radius 1 is 1.09 bits per heavy atom. The van der Waals surface area contributed by atoms with Gasteiger partial charge in [0.15, 0.2) is 0 Å². The van der Waals surface area contributed by atoms with E-state index in [1.165, 1.54) is 22.9 Å². The molecule has 184 valence electrons. The molecule has 1 aliphatic heterocycles. The molecular weight excluding hydrogens is 456 g/mol. The van der Waals surface area contributed by atoms with Gasteiger partial charge in [0.2, 0.25) is 10.0 Å². The third-order valence-corrected chi connectivity index (χ3v) is 7.79. The molecule has 1 fully saturated rings. The SMILES string of the molecule is CCCCCCC/C(=N/Nc1ccc(S(=O)(=O)N2CCCC2)cc1[N+](=O)[O-])c1ccc(O)cc1. The smallest absolute Gasteiger partial charge is 0.295 e. The van der Waals surface area contributed by atoms with E-state index in [2.05, 4.69) is 17.5 Å². The second kappa shape index (κ2) is 11.9. The number of hydrazone groups is 1. The van der Waals surface area contributed by atoms with Crippen molar-refractivity contribution in [1.82, 2.24) is 4.31 Å². The number of anilines is 1. The standard InChI is InChI=1S/C24H32N4O5S/c1-2-3-4-5-6-9-22(19-10-12-20(29)13-11-19)25-26-23-15-14-21(18-24(23)28(30)31)34(32,33)27-16-7-8-17-27/h10-15,18,26,29H,2-9,16-17H2,1H3/b25-22-. The van der Waals surface area contributed by atoms with E-state index in [-0.39, 0.29) is 22.0 Å². The fourth-order valence-electron chi connectivity index (χ4n) is 3.94. The molecule has 0 aliphatic carbocycles. The zero-order chi connectivity index (χ0) is 24.6. The van der Waals surface area contributed by atoms with Crippen molar-refractivity contribution in [2.24, 2.45) is 5.10 Å². The largest absolute Gasteiger partial charge is 0.508 e. The van der Waals surface area contributed by atoms with Crippen LogP contribution in [-0.4, -0.2) is 41.6 Å². The van der Waals surface area contributed by atoms with Crippen LogP contribution in [0.25, 0.3) is 0 Å². The number of phenolic OH excluding ortho intramolecular Hbond substituents is 1. The molecule has 3 rings (SSSR count). The Bertz CT molecular complexity index is 1110. The zero-order valence-electron chi connectivity index (χ0n) is 19.4. The maximum Gasteiger partial charge on any atom is 0.295 e. The highest BCUT2D eigenvalue weighted by atomic mass is 32.2. The second-order valence-electron chi connectivity index (χ2n) is 8.43. The molecule has 9 nitrogen and oxygen atoms in total. The first-order valence-electron chi connectivity index (χ1n) is 11.7. The van der Waals surface area contributed by atoms with Gasteiger partial charge in [0.05, 0.1) is 15.5 Å². The summed E-state index contributed by atoms with van der Waals surface area (Å²) < 4.78 is 27.0. The molecule has 0 saturated carbocycles. The van der Waals surface area contributed by atoms with Gasteiger partial charge in [-0.2, -0.15) is 9.41 Å². The summed E-state index contributed by atoms with van der Waals surface area (Å²) in [6.45, 7) is 3.01. The molecule has 34 heavy (non-hydrogen) atoms. The molecule has 1 saturated heterocycles. The van der Waals surface area contributed by atoms with Crippen LogP contribution in [0.15, 0.2) is 52.5 Å². The fraction of sp³-hybridized carbons (Fsp3) is 0.458. The molecule has 1 heterocycles. The Morgan fingerprint density at radius 2 is 1.76 bits per heavy atom. The first-order chi connectivity index (χ1) is 16.3. The summed E-state index contributed by atoms with van der Waals surface area (Å²) >= 11 is 0. The van der Waals surface area contributed by atoms with E-state index in [1.54, 1.807) is 24.3 Å². The van der Waals surface area contributed by atoms with Crippen molar-refractivity contribution < 1.29 is 18.4 Å². The number of nitro groups is 1.